The summed E-state index contributed by atoms with van der Waals surface area (Å²) in [6.45, 7) is 3.88. The first-order valence-electron chi connectivity index (χ1n) is 7.69. The van der Waals surface area contributed by atoms with Crippen molar-refractivity contribution < 1.29 is 14.0 Å². The molecule has 1 fully saturated rings. The van der Waals surface area contributed by atoms with Gasteiger partial charge in [0.15, 0.2) is 0 Å². The van der Waals surface area contributed by atoms with Crippen molar-refractivity contribution in [3.63, 3.8) is 0 Å². The zero-order chi connectivity index (χ0) is 16.8. The van der Waals surface area contributed by atoms with Crippen LogP contribution in [0.1, 0.15) is 11.6 Å². The van der Waals surface area contributed by atoms with E-state index < -0.39 is 11.8 Å². The van der Waals surface area contributed by atoms with E-state index in [4.69, 9.17) is 0 Å². The second-order valence-electron chi connectivity index (χ2n) is 5.70. The molecule has 2 N–H and O–H groups in total. The summed E-state index contributed by atoms with van der Waals surface area (Å²) >= 11 is 0. The topological polar surface area (TPSA) is 64.7 Å². The SMILES string of the molecule is CNC(=O)C(=O)NC[C@H](c1ccc(F)cc1)N1CCN(C)CC1. The summed E-state index contributed by atoms with van der Waals surface area (Å²) < 4.78 is 13.2. The zero-order valence-corrected chi connectivity index (χ0v) is 13.5. The summed E-state index contributed by atoms with van der Waals surface area (Å²) in [6, 6.07) is 6.20. The monoisotopic (exact) mass is 322 g/mol. The Labute approximate surface area is 135 Å². The molecule has 0 spiro atoms. The Morgan fingerprint density at radius 3 is 2.30 bits per heavy atom. The summed E-state index contributed by atoms with van der Waals surface area (Å²) in [5, 5.41) is 4.96. The van der Waals surface area contributed by atoms with Crippen LogP contribution in [0.3, 0.4) is 0 Å². The number of rotatable bonds is 4. The van der Waals surface area contributed by atoms with Crippen LogP contribution >= 0.6 is 0 Å². The van der Waals surface area contributed by atoms with Crippen LogP contribution in [0.4, 0.5) is 4.39 Å². The number of hydrogen-bond donors (Lipinski definition) is 2. The minimum absolute atomic E-state index is 0.0853. The molecule has 0 radical (unpaired) electrons. The van der Waals surface area contributed by atoms with E-state index in [9.17, 15) is 14.0 Å². The van der Waals surface area contributed by atoms with Crippen LogP contribution in [0.5, 0.6) is 0 Å². The number of likely N-dealkylation sites (N-methyl/N-ethyl adjacent to an activating group) is 2. The number of amides is 2. The molecule has 0 saturated carbocycles. The second kappa shape index (κ2) is 8.03. The number of benzene rings is 1. The van der Waals surface area contributed by atoms with Crippen LogP contribution in [0.15, 0.2) is 24.3 Å². The van der Waals surface area contributed by atoms with Gasteiger partial charge in [0, 0.05) is 39.8 Å². The molecular weight excluding hydrogens is 299 g/mol. The van der Waals surface area contributed by atoms with Gasteiger partial charge in [-0.25, -0.2) is 4.39 Å². The van der Waals surface area contributed by atoms with Gasteiger partial charge in [-0.1, -0.05) is 12.1 Å². The first-order chi connectivity index (χ1) is 11.0. The molecule has 0 bridgehead atoms. The lowest BCUT2D eigenvalue weighted by Crippen LogP contribution is -2.49. The predicted molar refractivity (Wildman–Crippen MR) is 85.3 cm³/mol. The Balaban J connectivity index is 2.09. The highest BCUT2D eigenvalue weighted by Gasteiger charge is 2.25. The minimum Gasteiger partial charge on any atom is -0.351 e. The maximum absolute atomic E-state index is 13.2. The van der Waals surface area contributed by atoms with E-state index in [1.165, 1.54) is 19.2 Å². The van der Waals surface area contributed by atoms with Crippen molar-refractivity contribution in [3.8, 4) is 0 Å². The Kier molecular flexibility index (Phi) is 6.06. The molecule has 1 aliphatic heterocycles. The Morgan fingerprint density at radius 1 is 1.13 bits per heavy atom. The first-order valence-corrected chi connectivity index (χ1v) is 7.69. The number of carbonyl (C=O) groups is 2. The molecule has 0 aromatic heterocycles. The Morgan fingerprint density at radius 2 is 1.74 bits per heavy atom. The molecule has 126 valence electrons. The molecular formula is C16H23FN4O2. The van der Waals surface area contributed by atoms with Crippen molar-refractivity contribution in [2.24, 2.45) is 0 Å². The van der Waals surface area contributed by atoms with Gasteiger partial charge in [0.1, 0.15) is 5.82 Å². The van der Waals surface area contributed by atoms with Crippen LogP contribution in [-0.2, 0) is 9.59 Å². The Bertz CT molecular complexity index is 542. The fourth-order valence-electron chi connectivity index (χ4n) is 2.66. The zero-order valence-electron chi connectivity index (χ0n) is 13.5. The predicted octanol–water partition coefficient (Wildman–Crippen LogP) is -0.0236. The molecule has 1 aromatic carbocycles. The van der Waals surface area contributed by atoms with Gasteiger partial charge in [0.25, 0.3) is 0 Å². The molecule has 0 aliphatic carbocycles. The highest BCUT2D eigenvalue weighted by atomic mass is 19.1. The largest absolute Gasteiger partial charge is 0.351 e. The van der Waals surface area contributed by atoms with Gasteiger partial charge in [0.2, 0.25) is 0 Å². The minimum atomic E-state index is -0.666. The fraction of sp³-hybridized carbons (Fsp3) is 0.500. The van der Waals surface area contributed by atoms with Gasteiger partial charge < -0.3 is 15.5 Å². The average molecular weight is 322 g/mol. The lowest BCUT2D eigenvalue weighted by Gasteiger charge is -2.38. The molecule has 7 heteroatoms. The Hall–Kier alpha value is -1.99. The van der Waals surface area contributed by atoms with Gasteiger partial charge in [-0.15, -0.1) is 0 Å². The molecule has 1 aliphatic rings. The quantitative estimate of drug-likeness (QED) is 0.765. The lowest BCUT2D eigenvalue weighted by atomic mass is 10.0. The molecule has 2 rings (SSSR count). The summed E-state index contributed by atoms with van der Waals surface area (Å²) in [6.07, 6.45) is 0. The molecule has 23 heavy (non-hydrogen) atoms. The van der Waals surface area contributed by atoms with Crippen LogP contribution < -0.4 is 10.6 Å². The van der Waals surface area contributed by atoms with E-state index in [2.05, 4.69) is 27.5 Å². The van der Waals surface area contributed by atoms with E-state index in [-0.39, 0.29) is 11.9 Å². The summed E-state index contributed by atoms with van der Waals surface area (Å²) in [4.78, 5) is 27.5. The van der Waals surface area contributed by atoms with Crippen molar-refractivity contribution >= 4 is 11.8 Å². The van der Waals surface area contributed by atoms with E-state index in [0.717, 1.165) is 31.7 Å². The average Bonchev–Trinajstić information content (AvgIpc) is 2.57. The third-order valence-corrected chi connectivity index (χ3v) is 4.12. The van der Waals surface area contributed by atoms with Crippen molar-refractivity contribution in [3.05, 3.63) is 35.6 Å². The van der Waals surface area contributed by atoms with Gasteiger partial charge in [-0.3, -0.25) is 14.5 Å². The highest BCUT2D eigenvalue weighted by molar-refractivity contribution is 6.35. The van der Waals surface area contributed by atoms with E-state index in [1.54, 1.807) is 12.1 Å². The molecule has 1 atom stereocenters. The summed E-state index contributed by atoms with van der Waals surface area (Å²) in [7, 11) is 3.48. The van der Waals surface area contributed by atoms with Gasteiger partial charge in [0.05, 0.1) is 6.04 Å². The summed E-state index contributed by atoms with van der Waals surface area (Å²) in [5.41, 5.74) is 0.924. The van der Waals surface area contributed by atoms with Gasteiger partial charge in [-0.05, 0) is 24.7 Å². The van der Waals surface area contributed by atoms with E-state index in [1.807, 2.05) is 0 Å². The smallest absolute Gasteiger partial charge is 0.309 e. The normalized spacial score (nSPS) is 17.5. The van der Waals surface area contributed by atoms with Crippen LogP contribution in [0.25, 0.3) is 0 Å². The number of carbonyl (C=O) groups excluding carboxylic acids is 2. The van der Waals surface area contributed by atoms with E-state index in [0.29, 0.717) is 6.54 Å². The lowest BCUT2D eigenvalue weighted by molar-refractivity contribution is -0.139. The molecule has 0 unspecified atom stereocenters. The maximum Gasteiger partial charge on any atom is 0.309 e. The maximum atomic E-state index is 13.2. The molecule has 1 saturated heterocycles. The van der Waals surface area contributed by atoms with Crippen LogP contribution in [0, 0.1) is 5.82 Å². The highest BCUT2D eigenvalue weighted by Crippen LogP contribution is 2.21. The van der Waals surface area contributed by atoms with Crippen LogP contribution in [0.2, 0.25) is 0 Å². The van der Waals surface area contributed by atoms with Crippen LogP contribution in [-0.4, -0.2) is 68.4 Å². The van der Waals surface area contributed by atoms with Crippen molar-refractivity contribution in [1.29, 1.82) is 0 Å². The summed E-state index contributed by atoms with van der Waals surface area (Å²) in [5.74, 6) is -1.62. The van der Waals surface area contributed by atoms with Gasteiger partial charge >= 0.3 is 11.8 Å². The first kappa shape index (κ1) is 17.4. The van der Waals surface area contributed by atoms with Gasteiger partial charge in [-0.2, -0.15) is 0 Å². The molecule has 6 nitrogen and oxygen atoms in total. The van der Waals surface area contributed by atoms with Crippen molar-refractivity contribution in [2.45, 2.75) is 6.04 Å². The third-order valence-electron chi connectivity index (χ3n) is 4.12. The fourth-order valence-corrected chi connectivity index (χ4v) is 2.66. The number of nitrogens with one attached hydrogen (secondary N) is 2. The third kappa shape index (κ3) is 4.74. The number of nitrogens with zero attached hydrogens (tertiary/aromatic N) is 2. The number of hydrogen-bond acceptors (Lipinski definition) is 4. The van der Waals surface area contributed by atoms with Crippen molar-refractivity contribution in [1.82, 2.24) is 20.4 Å². The number of piperazine rings is 1. The second-order valence-corrected chi connectivity index (χ2v) is 5.70. The molecule has 2 amide bonds. The molecule has 1 aromatic rings. The van der Waals surface area contributed by atoms with E-state index >= 15 is 0 Å². The molecule has 1 heterocycles. The number of halogens is 1. The van der Waals surface area contributed by atoms with Crippen molar-refractivity contribution in [2.75, 3.05) is 46.8 Å². The standard InChI is InChI=1S/C16H23FN4O2/c1-18-15(22)16(23)19-11-14(12-3-5-13(17)6-4-12)21-9-7-20(2)8-10-21/h3-6,14H,7-11H2,1-2H3,(H,18,22)(H,19,23)/t14-/m1/s1.